The number of esters is 1. The predicted octanol–water partition coefficient (Wildman–Crippen LogP) is 2.94. The molecule has 2 rings (SSSR count). The Morgan fingerprint density at radius 1 is 1.26 bits per heavy atom. The van der Waals surface area contributed by atoms with E-state index in [1.807, 2.05) is 6.07 Å². The molecule has 5 nitrogen and oxygen atoms in total. The van der Waals surface area contributed by atoms with Crippen LogP contribution in [0.5, 0.6) is 0 Å². The lowest BCUT2D eigenvalue weighted by Crippen LogP contribution is -2.41. The molecule has 0 aliphatic heterocycles. The van der Waals surface area contributed by atoms with Crippen LogP contribution in [0.4, 0.5) is 0 Å². The number of carbonyl (C=O) groups is 2. The summed E-state index contributed by atoms with van der Waals surface area (Å²) in [7, 11) is 0. The third-order valence-corrected chi connectivity index (χ3v) is 4.08. The van der Waals surface area contributed by atoms with Gasteiger partial charge >= 0.3 is 5.97 Å². The fourth-order valence-corrected chi connectivity index (χ4v) is 2.74. The lowest BCUT2D eigenvalue weighted by atomic mass is 10.1. The van der Waals surface area contributed by atoms with E-state index in [1.54, 1.807) is 25.1 Å². The summed E-state index contributed by atoms with van der Waals surface area (Å²) < 4.78 is 5.21. The van der Waals surface area contributed by atoms with E-state index in [4.69, 9.17) is 10.00 Å². The van der Waals surface area contributed by atoms with Crippen molar-refractivity contribution in [2.45, 2.75) is 57.6 Å². The molecule has 122 valence electrons. The van der Waals surface area contributed by atoms with Crippen LogP contribution < -0.4 is 5.32 Å². The largest absolute Gasteiger partial charge is 0.449 e. The second-order valence-corrected chi connectivity index (χ2v) is 5.94. The van der Waals surface area contributed by atoms with Gasteiger partial charge in [-0.05, 0) is 38.0 Å². The molecule has 1 aliphatic carbocycles. The van der Waals surface area contributed by atoms with E-state index >= 15 is 0 Å². The molecule has 0 radical (unpaired) electrons. The first kappa shape index (κ1) is 17.0. The molecule has 23 heavy (non-hydrogen) atoms. The zero-order valence-corrected chi connectivity index (χ0v) is 13.4. The summed E-state index contributed by atoms with van der Waals surface area (Å²) in [5, 5.41) is 11.8. The Kier molecular flexibility index (Phi) is 6.16. The van der Waals surface area contributed by atoms with Crippen molar-refractivity contribution in [2.24, 2.45) is 0 Å². The Morgan fingerprint density at radius 2 is 1.96 bits per heavy atom. The number of ether oxygens (including phenoxy) is 1. The van der Waals surface area contributed by atoms with E-state index in [-0.39, 0.29) is 17.5 Å². The molecule has 1 aromatic rings. The molecular weight excluding hydrogens is 292 g/mol. The lowest BCUT2D eigenvalue weighted by Gasteiger charge is -2.19. The molecule has 1 atom stereocenters. The highest BCUT2D eigenvalue weighted by Gasteiger charge is 2.22. The van der Waals surface area contributed by atoms with Gasteiger partial charge in [-0.1, -0.05) is 31.7 Å². The molecular formula is C18H22N2O3. The molecule has 0 unspecified atom stereocenters. The third-order valence-electron chi connectivity index (χ3n) is 4.08. The minimum Gasteiger partial charge on any atom is -0.449 e. The summed E-state index contributed by atoms with van der Waals surface area (Å²) in [5.41, 5.74) is 0.660. The number of nitrogens with zero attached hydrogens (tertiary/aromatic N) is 1. The van der Waals surface area contributed by atoms with Crippen LogP contribution in [0.2, 0.25) is 0 Å². The Labute approximate surface area is 136 Å². The van der Waals surface area contributed by atoms with Crippen molar-refractivity contribution in [1.29, 1.82) is 5.26 Å². The van der Waals surface area contributed by atoms with Crippen LogP contribution >= 0.6 is 0 Å². The first-order chi connectivity index (χ1) is 11.1. The van der Waals surface area contributed by atoms with Crippen molar-refractivity contribution >= 4 is 11.9 Å². The van der Waals surface area contributed by atoms with E-state index in [1.165, 1.54) is 18.9 Å². The predicted molar refractivity (Wildman–Crippen MR) is 85.7 cm³/mol. The van der Waals surface area contributed by atoms with Crippen LogP contribution in [0.25, 0.3) is 0 Å². The van der Waals surface area contributed by atoms with Gasteiger partial charge in [0.25, 0.3) is 5.91 Å². The molecule has 0 spiro atoms. The van der Waals surface area contributed by atoms with Crippen LogP contribution in [0.15, 0.2) is 24.3 Å². The zero-order valence-electron chi connectivity index (χ0n) is 13.4. The van der Waals surface area contributed by atoms with Crippen LogP contribution in [-0.4, -0.2) is 24.0 Å². The van der Waals surface area contributed by atoms with E-state index in [9.17, 15) is 9.59 Å². The number of amides is 1. The van der Waals surface area contributed by atoms with Crippen LogP contribution in [0.1, 0.15) is 61.4 Å². The van der Waals surface area contributed by atoms with Gasteiger partial charge in [-0.25, -0.2) is 4.79 Å². The molecule has 1 saturated carbocycles. The Balaban J connectivity index is 1.89. The van der Waals surface area contributed by atoms with Gasteiger partial charge in [-0.2, -0.15) is 5.26 Å². The summed E-state index contributed by atoms with van der Waals surface area (Å²) in [6.45, 7) is 1.57. The first-order valence-corrected chi connectivity index (χ1v) is 8.11. The minimum atomic E-state index is -0.850. The average Bonchev–Trinajstić information content (AvgIpc) is 2.83. The summed E-state index contributed by atoms with van der Waals surface area (Å²) in [6, 6.07) is 8.40. The molecule has 0 saturated heterocycles. The van der Waals surface area contributed by atoms with Crippen LogP contribution in [0.3, 0.4) is 0 Å². The highest BCUT2D eigenvalue weighted by Crippen LogP contribution is 2.17. The minimum absolute atomic E-state index is 0.174. The fourth-order valence-electron chi connectivity index (χ4n) is 2.74. The maximum atomic E-state index is 12.2. The van der Waals surface area contributed by atoms with Crippen molar-refractivity contribution in [2.75, 3.05) is 0 Å². The molecule has 1 fully saturated rings. The van der Waals surface area contributed by atoms with Gasteiger partial charge < -0.3 is 10.1 Å². The van der Waals surface area contributed by atoms with Crippen LogP contribution in [-0.2, 0) is 9.53 Å². The summed E-state index contributed by atoms with van der Waals surface area (Å²) >= 11 is 0. The Hall–Kier alpha value is -2.35. The molecule has 1 aromatic carbocycles. The maximum absolute atomic E-state index is 12.2. The molecule has 1 aliphatic rings. The van der Waals surface area contributed by atoms with Crippen molar-refractivity contribution in [3.8, 4) is 6.07 Å². The van der Waals surface area contributed by atoms with E-state index < -0.39 is 12.1 Å². The van der Waals surface area contributed by atoms with Crippen molar-refractivity contribution in [1.82, 2.24) is 5.32 Å². The summed E-state index contributed by atoms with van der Waals surface area (Å²) in [6.07, 6.45) is 5.79. The lowest BCUT2D eigenvalue weighted by molar-refractivity contribution is -0.129. The van der Waals surface area contributed by atoms with Gasteiger partial charge in [0.15, 0.2) is 6.10 Å². The maximum Gasteiger partial charge on any atom is 0.338 e. The second kappa shape index (κ2) is 8.33. The monoisotopic (exact) mass is 314 g/mol. The Morgan fingerprint density at radius 3 is 2.61 bits per heavy atom. The van der Waals surface area contributed by atoms with Crippen molar-refractivity contribution < 1.29 is 14.3 Å². The quantitative estimate of drug-likeness (QED) is 0.684. The summed E-state index contributed by atoms with van der Waals surface area (Å²) in [4.78, 5) is 24.2. The number of carbonyl (C=O) groups excluding carboxylic acids is 2. The average molecular weight is 314 g/mol. The second-order valence-electron chi connectivity index (χ2n) is 5.94. The third kappa shape index (κ3) is 5.10. The number of hydrogen-bond acceptors (Lipinski definition) is 4. The molecule has 1 N–H and O–H groups in total. The standard InChI is InChI=1S/C18H22N2O3/c1-13(17(21)20-16-9-4-2-3-5-10-16)23-18(22)15-8-6-7-14(11-15)12-19/h6-8,11,13,16H,2-5,9-10H2,1H3,(H,20,21)/t13-/m1/s1. The molecule has 5 heteroatoms. The highest BCUT2D eigenvalue weighted by atomic mass is 16.5. The van der Waals surface area contributed by atoms with E-state index in [0.717, 1.165) is 25.7 Å². The number of rotatable bonds is 4. The van der Waals surface area contributed by atoms with Crippen LogP contribution in [0, 0.1) is 11.3 Å². The summed E-state index contributed by atoms with van der Waals surface area (Å²) in [5.74, 6) is -0.854. The highest BCUT2D eigenvalue weighted by molar-refractivity contribution is 5.92. The van der Waals surface area contributed by atoms with Gasteiger partial charge in [-0.3, -0.25) is 4.79 Å². The fraction of sp³-hybridized carbons (Fsp3) is 0.500. The van der Waals surface area contributed by atoms with Crippen molar-refractivity contribution in [3.05, 3.63) is 35.4 Å². The molecule has 0 aromatic heterocycles. The molecule has 0 heterocycles. The normalized spacial score (nSPS) is 16.7. The van der Waals surface area contributed by atoms with Gasteiger partial charge in [0, 0.05) is 6.04 Å². The number of benzene rings is 1. The molecule has 1 amide bonds. The number of nitrogens with one attached hydrogen (secondary N) is 1. The first-order valence-electron chi connectivity index (χ1n) is 8.11. The Bertz CT molecular complexity index is 599. The van der Waals surface area contributed by atoms with Gasteiger partial charge in [0.05, 0.1) is 17.2 Å². The zero-order chi connectivity index (χ0) is 16.7. The molecule has 0 bridgehead atoms. The SMILES string of the molecule is C[C@@H](OC(=O)c1cccc(C#N)c1)C(=O)NC1CCCCCC1. The topological polar surface area (TPSA) is 79.2 Å². The van der Waals surface area contributed by atoms with E-state index in [0.29, 0.717) is 5.56 Å². The van der Waals surface area contributed by atoms with Gasteiger partial charge in [-0.15, -0.1) is 0 Å². The van der Waals surface area contributed by atoms with Gasteiger partial charge in [0.2, 0.25) is 0 Å². The van der Waals surface area contributed by atoms with E-state index in [2.05, 4.69) is 5.32 Å². The smallest absolute Gasteiger partial charge is 0.338 e. The van der Waals surface area contributed by atoms with Gasteiger partial charge in [0.1, 0.15) is 0 Å². The number of nitriles is 1. The number of hydrogen-bond donors (Lipinski definition) is 1. The van der Waals surface area contributed by atoms with Crippen molar-refractivity contribution in [3.63, 3.8) is 0 Å².